The number of halogens is 1. The lowest BCUT2D eigenvalue weighted by atomic mass is 10.1. The summed E-state index contributed by atoms with van der Waals surface area (Å²) in [4.78, 5) is 14.2. The van der Waals surface area contributed by atoms with E-state index in [-0.39, 0.29) is 5.91 Å². The van der Waals surface area contributed by atoms with Crippen LogP contribution >= 0.6 is 15.9 Å². The zero-order chi connectivity index (χ0) is 16.7. The Morgan fingerprint density at radius 2 is 1.83 bits per heavy atom. The maximum absolute atomic E-state index is 12.1. The minimum absolute atomic E-state index is 0.0876. The number of nitrogens with zero attached hydrogens (tertiary/aromatic N) is 1. The summed E-state index contributed by atoms with van der Waals surface area (Å²) in [6.45, 7) is 1.46. The van der Waals surface area contributed by atoms with Crippen LogP contribution in [-0.4, -0.2) is 24.9 Å². The van der Waals surface area contributed by atoms with Crippen molar-refractivity contribution in [2.24, 2.45) is 0 Å². The molecule has 0 atom stereocenters. The second-order valence-electron chi connectivity index (χ2n) is 5.91. The van der Waals surface area contributed by atoms with E-state index in [1.54, 1.807) is 0 Å². The van der Waals surface area contributed by atoms with Gasteiger partial charge >= 0.3 is 0 Å². The van der Waals surface area contributed by atoms with Gasteiger partial charge in [-0.15, -0.1) is 0 Å². The number of carbonyl (C=O) groups excluding carboxylic acids is 1. The molecule has 0 heterocycles. The molecule has 0 aliphatic heterocycles. The fourth-order valence-corrected chi connectivity index (χ4v) is 2.90. The van der Waals surface area contributed by atoms with Crippen LogP contribution in [0.4, 0.5) is 0 Å². The second-order valence-corrected chi connectivity index (χ2v) is 6.83. The van der Waals surface area contributed by atoms with Crippen LogP contribution in [0.1, 0.15) is 23.1 Å². The molecule has 4 heteroatoms. The first-order valence-corrected chi connectivity index (χ1v) is 8.56. The molecule has 0 radical (unpaired) electrons. The zero-order valence-corrected chi connectivity index (χ0v) is 15.3. The largest absolute Gasteiger partial charge is 0.352 e. The van der Waals surface area contributed by atoms with E-state index in [1.807, 2.05) is 44.4 Å². The van der Waals surface area contributed by atoms with E-state index < -0.39 is 0 Å². The Labute approximate surface area is 146 Å². The molecule has 2 rings (SSSR count). The van der Waals surface area contributed by atoms with Gasteiger partial charge in [-0.25, -0.2) is 0 Å². The first-order chi connectivity index (χ1) is 11.0. The SMILES string of the molecule is CN(C)Cc1ccccc1CNC(=O)CCc1cccc(Br)c1. The maximum Gasteiger partial charge on any atom is 0.220 e. The summed E-state index contributed by atoms with van der Waals surface area (Å²) in [5.41, 5.74) is 3.60. The summed E-state index contributed by atoms with van der Waals surface area (Å²) in [5.74, 6) is 0.0876. The Morgan fingerprint density at radius 3 is 2.52 bits per heavy atom. The second kappa shape index (κ2) is 8.85. The van der Waals surface area contributed by atoms with Crippen molar-refractivity contribution in [1.82, 2.24) is 10.2 Å². The molecule has 0 fully saturated rings. The van der Waals surface area contributed by atoms with E-state index in [9.17, 15) is 4.79 Å². The van der Waals surface area contributed by atoms with E-state index in [0.29, 0.717) is 13.0 Å². The Bertz CT molecular complexity index is 655. The Balaban J connectivity index is 1.85. The lowest BCUT2D eigenvalue weighted by Crippen LogP contribution is -2.24. The molecule has 23 heavy (non-hydrogen) atoms. The van der Waals surface area contributed by atoms with Gasteiger partial charge in [-0.05, 0) is 49.3 Å². The molecular formula is C19H23BrN2O. The number of amides is 1. The number of aryl methyl sites for hydroxylation is 1. The van der Waals surface area contributed by atoms with Crippen LogP contribution in [0.5, 0.6) is 0 Å². The van der Waals surface area contributed by atoms with Crippen LogP contribution < -0.4 is 5.32 Å². The molecular weight excluding hydrogens is 352 g/mol. The lowest BCUT2D eigenvalue weighted by Gasteiger charge is -2.14. The summed E-state index contributed by atoms with van der Waals surface area (Å²) < 4.78 is 1.05. The van der Waals surface area contributed by atoms with Gasteiger partial charge in [-0.2, -0.15) is 0 Å². The number of carbonyl (C=O) groups is 1. The highest BCUT2D eigenvalue weighted by Crippen LogP contribution is 2.13. The van der Waals surface area contributed by atoms with Gasteiger partial charge in [-0.3, -0.25) is 4.79 Å². The molecule has 3 nitrogen and oxygen atoms in total. The van der Waals surface area contributed by atoms with E-state index in [4.69, 9.17) is 0 Å². The van der Waals surface area contributed by atoms with Gasteiger partial charge in [0.2, 0.25) is 5.91 Å². The zero-order valence-electron chi connectivity index (χ0n) is 13.7. The molecule has 0 aliphatic rings. The number of benzene rings is 2. The Kier molecular flexibility index (Phi) is 6.81. The van der Waals surface area contributed by atoms with Gasteiger partial charge in [0.25, 0.3) is 0 Å². The van der Waals surface area contributed by atoms with Crippen LogP contribution in [0.25, 0.3) is 0 Å². The highest BCUT2D eigenvalue weighted by molar-refractivity contribution is 9.10. The van der Waals surface area contributed by atoms with Crippen molar-refractivity contribution in [3.8, 4) is 0 Å². The first-order valence-electron chi connectivity index (χ1n) is 7.77. The number of hydrogen-bond donors (Lipinski definition) is 1. The quantitative estimate of drug-likeness (QED) is 0.799. The monoisotopic (exact) mass is 374 g/mol. The third kappa shape index (κ3) is 6.16. The van der Waals surface area contributed by atoms with Crippen LogP contribution in [0.3, 0.4) is 0 Å². The predicted octanol–water partition coefficient (Wildman–Crippen LogP) is 3.76. The van der Waals surface area contributed by atoms with Crippen LogP contribution in [0.2, 0.25) is 0 Å². The Hall–Kier alpha value is -1.65. The fourth-order valence-electron chi connectivity index (χ4n) is 2.46. The van der Waals surface area contributed by atoms with Gasteiger partial charge < -0.3 is 10.2 Å². The topological polar surface area (TPSA) is 32.3 Å². The smallest absolute Gasteiger partial charge is 0.220 e. The minimum atomic E-state index is 0.0876. The van der Waals surface area contributed by atoms with Crippen molar-refractivity contribution < 1.29 is 4.79 Å². The molecule has 0 saturated heterocycles. The molecule has 0 bridgehead atoms. The minimum Gasteiger partial charge on any atom is -0.352 e. The third-order valence-corrected chi connectivity index (χ3v) is 4.10. The number of hydrogen-bond acceptors (Lipinski definition) is 2. The third-order valence-electron chi connectivity index (χ3n) is 3.61. The molecule has 0 saturated carbocycles. The van der Waals surface area contributed by atoms with Crippen molar-refractivity contribution >= 4 is 21.8 Å². The molecule has 0 unspecified atom stereocenters. The standard InChI is InChI=1S/C19H23BrN2O/c1-22(2)14-17-8-4-3-7-16(17)13-21-19(23)11-10-15-6-5-9-18(20)12-15/h3-9,12H,10-11,13-14H2,1-2H3,(H,21,23). The number of rotatable bonds is 7. The van der Waals surface area contributed by atoms with Gasteiger partial charge in [0.05, 0.1) is 0 Å². The van der Waals surface area contributed by atoms with Crippen molar-refractivity contribution in [2.75, 3.05) is 14.1 Å². The van der Waals surface area contributed by atoms with Gasteiger partial charge in [0, 0.05) is 24.0 Å². The molecule has 0 aromatic heterocycles. The van der Waals surface area contributed by atoms with Gasteiger partial charge in [-0.1, -0.05) is 52.3 Å². The maximum atomic E-state index is 12.1. The van der Waals surface area contributed by atoms with Crippen LogP contribution in [0, 0.1) is 0 Å². The lowest BCUT2D eigenvalue weighted by molar-refractivity contribution is -0.121. The molecule has 0 aliphatic carbocycles. The molecule has 0 spiro atoms. The highest BCUT2D eigenvalue weighted by Gasteiger charge is 2.06. The summed E-state index contributed by atoms with van der Waals surface area (Å²) in [6.07, 6.45) is 1.26. The fraction of sp³-hybridized carbons (Fsp3) is 0.316. The summed E-state index contributed by atoms with van der Waals surface area (Å²) in [5, 5.41) is 3.03. The van der Waals surface area contributed by atoms with Crippen molar-refractivity contribution in [2.45, 2.75) is 25.9 Å². The highest BCUT2D eigenvalue weighted by atomic mass is 79.9. The summed E-state index contributed by atoms with van der Waals surface area (Å²) in [6, 6.07) is 16.3. The van der Waals surface area contributed by atoms with Gasteiger partial charge in [0.1, 0.15) is 0 Å². The molecule has 1 N–H and O–H groups in total. The van der Waals surface area contributed by atoms with Gasteiger partial charge in [0.15, 0.2) is 0 Å². The number of nitrogens with one attached hydrogen (secondary N) is 1. The molecule has 1 amide bonds. The average Bonchev–Trinajstić information content (AvgIpc) is 2.51. The van der Waals surface area contributed by atoms with Crippen molar-refractivity contribution in [3.05, 3.63) is 69.7 Å². The van der Waals surface area contributed by atoms with Crippen LogP contribution in [0.15, 0.2) is 53.0 Å². The Morgan fingerprint density at radius 1 is 1.09 bits per heavy atom. The van der Waals surface area contributed by atoms with E-state index in [0.717, 1.165) is 17.4 Å². The van der Waals surface area contributed by atoms with Crippen LogP contribution in [-0.2, 0) is 24.3 Å². The average molecular weight is 375 g/mol. The van der Waals surface area contributed by atoms with E-state index in [1.165, 1.54) is 16.7 Å². The predicted molar refractivity (Wildman–Crippen MR) is 98.1 cm³/mol. The van der Waals surface area contributed by atoms with Crippen molar-refractivity contribution in [3.63, 3.8) is 0 Å². The molecule has 2 aromatic rings. The first kappa shape index (κ1) is 17.7. The molecule has 2 aromatic carbocycles. The van der Waals surface area contributed by atoms with E-state index in [2.05, 4.69) is 44.3 Å². The summed E-state index contributed by atoms with van der Waals surface area (Å²) in [7, 11) is 4.10. The summed E-state index contributed by atoms with van der Waals surface area (Å²) >= 11 is 3.45. The normalized spacial score (nSPS) is 10.8. The van der Waals surface area contributed by atoms with E-state index >= 15 is 0 Å². The molecule has 122 valence electrons. The van der Waals surface area contributed by atoms with Crippen molar-refractivity contribution in [1.29, 1.82) is 0 Å².